The van der Waals surface area contributed by atoms with Crippen molar-refractivity contribution < 1.29 is 4.79 Å². The van der Waals surface area contributed by atoms with E-state index in [1.807, 2.05) is 19.1 Å². The highest BCUT2D eigenvalue weighted by atomic mass is 79.9. The molecular weight excluding hydrogens is 304 g/mol. The summed E-state index contributed by atoms with van der Waals surface area (Å²) in [5.74, 6) is 0.495. The zero-order valence-corrected chi connectivity index (χ0v) is 11.8. The lowest BCUT2D eigenvalue weighted by molar-refractivity contribution is -0.121. The molecule has 3 nitrogen and oxygen atoms in total. The molecule has 1 amide bonds. The Bertz CT molecular complexity index is 435. The highest BCUT2D eigenvalue weighted by molar-refractivity contribution is 9.10. The van der Waals surface area contributed by atoms with Gasteiger partial charge >= 0.3 is 0 Å². The molecule has 1 fully saturated rings. The van der Waals surface area contributed by atoms with Crippen LogP contribution in [0, 0.1) is 11.8 Å². The molecule has 17 heavy (non-hydrogen) atoms. The summed E-state index contributed by atoms with van der Waals surface area (Å²) in [4.78, 5) is 12.0. The third kappa shape index (κ3) is 2.81. The highest BCUT2D eigenvalue weighted by Crippen LogP contribution is 2.30. The van der Waals surface area contributed by atoms with E-state index < -0.39 is 0 Å². The predicted molar refractivity (Wildman–Crippen MR) is 73.3 cm³/mol. The smallest absolute Gasteiger partial charge is 0.227 e. The topological polar surface area (TPSA) is 41.1 Å². The molecule has 5 heteroatoms. The molecule has 2 N–H and O–H groups in total. The minimum atomic E-state index is 0.0159. The Morgan fingerprint density at radius 1 is 1.59 bits per heavy atom. The van der Waals surface area contributed by atoms with Crippen molar-refractivity contribution >= 4 is 39.1 Å². The van der Waals surface area contributed by atoms with Gasteiger partial charge in [-0.3, -0.25) is 4.79 Å². The van der Waals surface area contributed by atoms with E-state index in [2.05, 4.69) is 26.6 Å². The Kier molecular flexibility index (Phi) is 4.07. The minimum Gasteiger partial charge on any atom is -0.325 e. The molecule has 1 aliphatic rings. The summed E-state index contributed by atoms with van der Waals surface area (Å²) >= 11 is 9.34. The zero-order chi connectivity index (χ0) is 12.4. The number of rotatable bonds is 3. The van der Waals surface area contributed by atoms with Gasteiger partial charge in [0.15, 0.2) is 0 Å². The van der Waals surface area contributed by atoms with E-state index >= 15 is 0 Å². The molecule has 1 aliphatic heterocycles. The summed E-state index contributed by atoms with van der Waals surface area (Å²) in [6, 6.07) is 5.43. The average Bonchev–Trinajstić information content (AvgIpc) is 2.22. The van der Waals surface area contributed by atoms with Gasteiger partial charge in [0, 0.05) is 5.92 Å². The van der Waals surface area contributed by atoms with Gasteiger partial charge in [-0.1, -0.05) is 24.6 Å². The van der Waals surface area contributed by atoms with Crippen LogP contribution in [0.2, 0.25) is 5.02 Å². The van der Waals surface area contributed by atoms with Crippen LogP contribution in [0.3, 0.4) is 0 Å². The number of amides is 1. The van der Waals surface area contributed by atoms with Gasteiger partial charge in [-0.2, -0.15) is 0 Å². The van der Waals surface area contributed by atoms with E-state index in [1.165, 1.54) is 0 Å². The molecule has 1 aromatic carbocycles. The number of carbonyl (C=O) groups is 1. The van der Waals surface area contributed by atoms with Gasteiger partial charge in [0.2, 0.25) is 5.91 Å². The molecule has 2 rings (SSSR count). The van der Waals surface area contributed by atoms with Crippen molar-refractivity contribution in [1.29, 1.82) is 0 Å². The van der Waals surface area contributed by atoms with Gasteiger partial charge in [0.1, 0.15) is 0 Å². The predicted octanol–water partition coefficient (Wildman–Crippen LogP) is 2.90. The van der Waals surface area contributed by atoms with Gasteiger partial charge in [0.25, 0.3) is 0 Å². The SMILES string of the molecule is CC(C(=O)Nc1cccc(Cl)c1Br)C1CNC1. The zero-order valence-electron chi connectivity index (χ0n) is 9.47. The number of benzene rings is 1. The molecular formula is C12H14BrClN2O. The maximum absolute atomic E-state index is 12.0. The summed E-state index contributed by atoms with van der Waals surface area (Å²) in [5.41, 5.74) is 0.724. The van der Waals surface area contributed by atoms with Crippen LogP contribution >= 0.6 is 27.5 Å². The summed E-state index contributed by atoms with van der Waals surface area (Å²) in [5, 5.41) is 6.67. The van der Waals surface area contributed by atoms with Crippen LogP contribution in [-0.4, -0.2) is 19.0 Å². The van der Waals surface area contributed by atoms with Gasteiger partial charge < -0.3 is 10.6 Å². The van der Waals surface area contributed by atoms with Gasteiger partial charge in [-0.05, 0) is 47.1 Å². The second-order valence-electron chi connectivity index (χ2n) is 4.30. The fourth-order valence-electron chi connectivity index (χ4n) is 1.73. The Balaban J connectivity index is 2.04. The van der Waals surface area contributed by atoms with E-state index in [-0.39, 0.29) is 11.8 Å². The molecule has 0 spiro atoms. The highest BCUT2D eigenvalue weighted by Gasteiger charge is 2.28. The third-order valence-corrected chi connectivity index (χ3v) is 4.54. The quantitative estimate of drug-likeness (QED) is 0.900. The van der Waals surface area contributed by atoms with Gasteiger partial charge in [-0.15, -0.1) is 0 Å². The first-order valence-corrected chi connectivity index (χ1v) is 6.72. The monoisotopic (exact) mass is 316 g/mol. The average molecular weight is 318 g/mol. The Labute approximate surface area is 114 Å². The van der Waals surface area contributed by atoms with Crippen LogP contribution in [0.4, 0.5) is 5.69 Å². The van der Waals surface area contributed by atoms with Gasteiger partial charge in [0.05, 0.1) is 15.2 Å². The van der Waals surface area contributed by atoms with Crippen molar-refractivity contribution in [1.82, 2.24) is 5.32 Å². The van der Waals surface area contributed by atoms with Crippen molar-refractivity contribution in [2.24, 2.45) is 11.8 Å². The van der Waals surface area contributed by atoms with E-state index in [0.717, 1.165) is 23.2 Å². The minimum absolute atomic E-state index is 0.0159. The van der Waals surface area contributed by atoms with Crippen molar-refractivity contribution in [2.45, 2.75) is 6.92 Å². The Morgan fingerprint density at radius 3 is 2.88 bits per heavy atom. The van der Waals surface area contributed by atoms with Crippen LogP contribution in [0.25, 0.3) is 0 Å². The lowest BCUT2D eigenvalue weighted by atomic mass is 9.88. The number of anilines is 1. The standard InChI is InChI=1S/C12H14BrClN2O/c1-7(8-5-15-6-8)12(17)16-10-4-2-3-9(14)11(10)13/h2-4,7-8,15H,5-6H2,1H3,(H,16,17). The van der Waals surface area contributed by atoms with Crippen LogP contribution in [0.5, 0.6) is 0 Å². The van der Waals surface area contributed by atoms with E-state index in [9.17, 15) is 4.79 Å². The first kappa shape index (κ1) is 12.9. The van der Waals surface area contributed by atoms with E-state index in [4.69, 9.17) is 11.6 Å². The maximum atomic E-state index is 12.0. The molecule has 1 atom stereocenters. The largest absolute Gasteiger partial charge is 0.325 e. The maximum Gasteiger partial charge on any atom is 0.227 e. The van der Waals surface area contributed by atoms with Crippen molar-refractivity contribution in [3.63, 3.8) is 0 Å². The first-order chi connectivity index (χ1) is 8.09. The number of hydrogen-bond donors (Lipinski definition) is 2. The van der Waals surface area contributed by atoms with Crippen LogP contribution < -0.4 is 10.6 Å². The lowest BCUT2D eigenvalue weighted by Gasteiger charge is -2.31. The number of halogens is 2. The fraction of sp³-hybridized carbons (Fsp3) is 0.417. The van der Waals surface area contributed by atoms with Crippen molar-refractivity contribution in [2.75, 3.05) is 18.4 Å². The summed E-state index contributed by atoms with van der Waals surface area (Å²) in [6.45, 7) is 3.80. The molecule has 0 aromatic heterocycles. The normalized spacial score (nSPS) is 17.4. The van der Waals surface area contributed by atoms with Crippen LogP contribution in [0.1, 0.15) is 6.92 Å². The Morgan fingerprint density at radius 2 is 2.29 bits per heavy atom. The first-order valence-electron chi connectivity index (χ1n) is 5.55. The summed E-state index contributed by atoms with van der Waals surface area (Å²) < 4.78 is 0.731. The fourth-order valence-corrected chi connectivity index (χ4v) is 2.26. The number of hydrogen-bond acceptors (Lipinski definition) is 2. The second-order valence-corrected chi connectivity index (χ2v) is 5.50. The molecule has 1 unspecified atom stereocenters. The van der Waals surface area contributed by atoms with E-state index in [1.54, 1.807) is 6.07 Å². The molecule has 0 bridgehead atoms. The molecule has 0 radical (unpaired) electrons. The van der Waals surface area contributed by atoms with Crippen molar-refractivity contribution in [3.8, 4) is 0 Å². The molecule has 92 valence electrons. The molecule has 0 aliphatic carbocycles. The van der Waals surface area contributed by atoms with Crippen molar-refractivity contribution in [3.05, 3.63) is 27.7 Å². The van der Waals surface area contributed by atoms with E-state index in [0.29, 0.717) is 10.9 Å². The van der Waals surface area contributed by atoms with Crippen LogP contribution in [-0.2, 0) is 4.79 Å². The molecule has 1 heterocycles. The molecule has 1 saturated heterocycles. The number of carbonyl (C=O) groups excluding carboxylic acids is 1. The molecule has 1 aromatic rings. The van der Waals surface area contributed by atoms with Gasteiger partial charge in [-0.25, -0.2) is 0 Å². The summed E-state index contributed by atoms with van der Waals surface area (Å²) in [7, 11) is 0. The second kappa shape index (κ2) is 5.38. The molecule has 0 saturated carbocycles. The number of nitrogens with one attached hydrogen (secondary N) is 2. The Hall–Kier alpha value is -0.580. The third-order valence-electron chi connectivity index (χ3n) is 3.14. The summed E-state index contributed by atoms with van der Waals surface area (Å²) in [6.07, 6.45) is 0. The lowest BCUT2D eigenvalue weighted by Crippen LogP contribution is -2.48. The van der Waals surface area contributed by atoms with Crippen LogP contribution in [0.15, 0.2) is 22.7 Å².